The number of anilines is 1. The van der Waals surface area contributed by atoms with Crippen LogP contribution in [0, 0.1) is 0 Å². The lowest BCUT2D eigenvalue weighted by Gasteiger charge is -2.31. The lowest BCUT2D eigenvalue weighted by atomic mass is 10.1. The van der Waals surface area contributed by atoms with Crippen LogP contribution in [-0.4, -0.2) is 12.8 Å². The van der Waals surface area contributed by atoms with Crippen molar-refractivity contribution < 1.29 is 0 Å². The van der Waals surface area contributed by atoms with Gasteiger partial charge in [-0.3, -0.25) is 0 Å². The second kappa shape index (κ2) is 5.57. The number of hydrogen-bond acceptors (Lipinski definition) is 4. The molecule has 2 heterocycles. The quantitative estimate of drug-likeness (QED) is 0.877. The Hall–Kier alpha value is -0.970. The van der Waals surface area contributed by atoms with E-state index in [1.165, 1.54) is 21.7 Å². The average Bonchev–Trinajstić information content (AvgIpc) is 2.93. The summed E-state index contributed by atoms with van der Waals surface area (Å²) in [7, 11) is 0. The highest BCUT2D eigenvalue weighted by Gasteiger charge is 2.20. The van der Waals surface area contributed by atoms with Gasteiger partial charge in [0, 0.05) is 40.7 Å². The van der Waals surface area contributed by atoms with Crippen LogP contribution in [0.25, 0.3) is 0 Å². The molecular weight excluding hydrogens is 272 g/mol. The van der Waals surface area contributed by atoms with Crippen molar-refractivity contribution in [3.05, 3.63) is 45.6 Å². The monoisotopic (exact) mass is 290 g/mol. The molecule has 19 heavy (non-hydrogen) atoms. The van der Waals surface area contributed by atoms with Crippen LogP contribution >= 0.6 is 23.1 Å². The van der Waals surface area contributed by atoms with Gasteiger partial charge in [-0.15, -0.1) is 23.1 Å². The molecule has 100 valence electrons. The molecule has 0 atom stereocenters. The van der Waals surface area contributed by atoms with Crippen molar-refractivity contribution in [2.24, 2.45) is 5.73 Å². The standard InChI is InChI=1S/C15H18N2S2/c1-18-15-4-2-3-13(12(15)9-16)17-7-5-14-11(10-17)6-8-19-14/h2-4,6,8H,5,7,9-10,16H2,1H3. The number of nitrogens with two attached hydrogens (primary N) is 1. The van der Waals surface area contributed by atoms with Gasteiger partial charge in [0.25, 0.3) is 0 Å². The van der Waals surface area contributed by atoms with E-state index in [0.29, 0.717) is 6.54 Å². The summed E-state index contributed by atoms with van der Waals surface area (Å²) >= 11 is 3.67. The van der Waals surface area contributed by atoms with Crippen molar-refractivity contribution >= 4 is 28.8 Å². The summed E-state index contributed by atoms with van der Waals surface area (Å²) in [6, 6.07) is 8.77. The van der Waals surface area contributed by atoms with Gasteiger partial charge in [-0.2, -0.15) is 0 Å². The van der Waals surface area contributed by atoms with Crippen LogP contribution in [0.3, 0.4) is 0 Å². The highest BCUT2D eigenvalue weighted by atomic mass is 32.2. The third-order valence-corrected chi connectivity index (χ3v) is 5.53. The summed E-state index contributed by atoms with van der Waals surface area (Å²) in [5, 5.41) is 2.20. The fourth-order valence-corrected chi connectivity index (χ4v) is 4.24. The molecule has 4 heteroatoms. The van der Waals surface area contributed by atoms with Gasteiger partial charge in [-0.1, -0.05) is 6.07 Å². The lowest BCUT2D eigenvalue weighted by Crippen LogP contribution is -2.30. The molecule has 0 saturated heterocycles. The Morgan fingerprint density at radius 1 is 1.37 bits per heavy atom. The highest BCUT2D eigenvalue weighted by molar-refractivity contribution is 7.98. The van der Waals surface area contributed by atoms with Gasteiger partial charge in [-0.05, 0) is 41.8 Å². The third kappa shape index (κ3) is 2.40. The average molecular weight is 290 g/mol. The van der Waals surface area contributed by atoms with Crippen molar-refractivity contribution in [1.82, 2.24) is 0 Å². The highest BCUT2D eigenvalue weighted by Crippen LogP contribution is 2.33. The summed E-state index contributed by atoms with van der Waals surface area (Å²) in [4.78, 5) is 5.32. The van der Waals surface area contributed by atoms with Gasteiger partial charge in [-0.25, -0.2) is 0 Å². The van der Waals surface area contributed by atoms with Crippen molar-refractivity contribution in [3.8, 4) is 0 Å². The molecule has 0 unspecified atom stereocenters. The zero-order chi connectivity index (χ0) is 13.2. The molecule has 0 aliphatic carbocycles. The number of thioether (sulfide) groups is 1. The van der Waals surface area contributed by atoms with Gasteiger partial charge >= 0.3 is 0 Å². The zero-order valence-electron chi connectivity index (χ0n) is 11.1. The van der Waals surface area contributed by atoms with Crippen LogP contribution in [0.15, 0.2) is 34.5 Å². The third-order valence-electron chi connectivity index (χ3n) is 3.68. The van der Waals surface area contributed by atoms with E-state index in [-0.39, 0.29) is 0 Å². The molecule has 0 spiro atoms. The Kier molecular flexibility index (Phi) is 3.82. The van der Waals surface area contributed by atoms with Gasteiger partial charge in [0.05, 0.1) is 0 Å². The summed E-state index contributed by atoms with van der Waals surface area (Å²) in [6.07, 6.45) is 3.27. The van der Waals surface area contributed by atoms with E-state index in [1.54, 1.807) is 16.6 Å². The van der Waals surface area contributed by atoms with Gasteiger partial charge in [0.2, 0.25) is 0 Å². The predicted molar refractivity (Wildman–Crippen MR) is 85.2 cm³/mol. The number of hydrogen-bond donors (Lipinski definition) is 1. The van der Waals surface area contributed by atoms with Gasteiger partial charge < -0.3 is 10.6 Å². The van der Waals surface area contributed by atoms with Crippen LogP contribution in [0.2, 0.25) is 0 Å². The topological polar surface area (TPSA) is 29.3 Å². The molecule has 1 aliphatic rings. The minimum atomic E-state index is 0.610. The molecule has 1 aromatic carbocycles. The molecule has 2 N–H and O–H groups in total. The minimum Gasteiger partial charge on any atom is -0.367 e. The number of thiophene rings is 1. The molecule has 0 radical (unpaired) electrons. The summed E-state index contributed by atoms with van der Waals surface area (Å²) < 4.78 is 0. The molecule has 0 saturated carbocycles. The van der Waals surface area contributed by atoms with Crippen LogP contribution in [-0.2, 0) is 19.5 Å². The first kappa shape index (κ1) is 13.0. The second-order valence-corrected chi connectivity index (χ2v) is 6.55. The van der Waals surface area contributed by atoms with Crippen molar-refractivity contribution in [1.29, 1.82) is 0 Å². The Morgan fingerprint density at radius 2 is 2.26 bits per heavy atom. The largest absolute Gasteiger partial charge is 0.367 e. The van der Waals surface area contributed by atoms with E-state index in [4.69, 9.17) is 5.73 Å². The predicted octanol–water partition coefficient (Wildman–Crippen LogP) is 3.49. The van der Waals surface area contributed by atoms with Crippen molar-refractivity contribution in [3.63, 3.8) is 0 Å². The molecule has 0 bridgehead atoms. The van der Waals surface area contributed by atoms with E-state index in [1.807, 2.05) is 11.3 Å². The molecule has 1 aliphatic heterocycles. The van der Waals surface area contributed by atoms with E-state index in [9.17, 15) is 0 Å². The Morgan fingerprint density at radius 3 is 3.05 bits per heavy atom. The number of rotatable bonds is 3. The number of benzene rings is 1. The first-order chi connectivity index (χ1) is 9.33. The second-order valence-electron chi connectivity index (χ2n) is 4.70. The lowest BCUT2D eigenvalue weighted by molar-refractivity contribution is 0.736. The van der Waals surface area contributed by atoms with Crippen molar-refractivity contribution in [2.45, 2.75) is 24.4 Å². The molecular formula is C15H18N2S2. The zero-order valence-corrected chi connectivity index (χ0v) is 12.7. The SMILES string of the molecule is CSc1cccc(N2CCc3sccc3C2)c1CN. The Bertz CT molecular complexity index is 577. The number of nitrogens with zero attached hydrogens (tertiary/aromatic N) is 1. The Labute approximate surface area is 122 Å². The first-order valence-corrected chi connectivity index (χ1v) is 8.60. The summed E-state index contributed by atoms with van der Waals surface area (Å²) in [6.45, 7) is 2.72. The fourth-order valence-electron chi connectivity index (χ4n) is 2.70. The maximum absolute atomic E-state index is 5.97. The molecule has 1 aromatic heterocycles. The molecule has 0 amide bonds. The first-order valence-electron chi connectivity index (χ1n) is 6.49. The van der Waals surface area contributed by atoms with E-state index >= 15 is 0 Å². The van der Waals surface area contributed by atoms with Crippen LogP contribution in [0.1, 0.15) is 16.0 Å². The Balaban J connectivity index is 1.95. The maximum Gasteiger partial charge on any atom is 0.0440 e. The van der Waals surface area contributed by atoms with Crippen LogP contribution in [0.4, 0.5) is 5.69 Å². The fraction of sp³-hybridized carbons (Fsp3) is 0.333. The molecule has 3 rings (SSSR count). The van der Waals surface area contributed by atoms with E-state index in [2.05, 4.69) is 40.8 Å². The van der Waals surface area contributed by atoms with Crippen LogP contribution < -0.4 is 10.6 Å². The summed E-state index contributed by atoms with van der Waals surface area (Å²) in [5.41, 5.74) is 10.0. The van der Waals surface area contributed by atoms with E-state index < -0.39 is 0 Å². The molecule has 2 nitrogen and oxygen atoms in total. The molecule has 0 fully saturated rings. The van der Waals surface area contributed by atoms with Crippen LogP contribution in [0.5, 0.6) is 0 Å². The van der Waals surface area contributed by atoms with E-state index in [0.717, 1.165) is 19.5 Å². The maximum atomic E-state index is 5.97. The van der Waals surface area contributed by atoms with Gasteiger partial charge in [0.1, 0.15) is 0 Å². The smallest absolute Gasteiger partial charge is 0.0440 e. The summed E-state index contributed by atoms with van der Waals surface area (Å²) in [5.74, 6) is 0. The van der Waals surface area contributed by atoms with Gasteiger partial charge in [0.15, 0.2) is 0 Å². The number of fused-ring (bicyclic) bond motifs is 1. The van der Waals surface area contributed by atoms with Crippen molar-refractivity contribution in [2.75, 3.05) is 17.7 Å². The normalized spacial score (nSPS) is 14.5. The minimum absolute atomic E-state index is 0.610. The molecule has 2 aromatic rings.